The first-order valence-corrected chi connectivity index (χ1v) is 13.1. The van der Waals surface area contributed by atoms with Crippen LogP contribution in [0, 0.1) is 11.8 Å². The van der Waals surface area contributed by atoms with Crippen LogP contribution in [0.1, 0.15) is 63.0 Å². The van der Waals surface area contributed by atoms with Crippen molar-refractivity contribution in [3.8, 4) is 0 Å². The third-order valence-electron chi connectivity index (χ3n) is 6.81. The molecule has 2 aliphatic rings. The van der Waals surface area contributed by atoms with Gasteiger partial charge in [-0.2, -0.15) is 0 Å². The van der Waals surface area contributed by atoms with Gasteiger partial charge in [0.15, 0.2) is 0 Å². The number of β-amino-alcohol motifs (C(OH)–C–C–N with tert-alkyl or cyclic N) is 1. The van der Waals surface area contributed by atoms with E-state index in [1.165, 1.54) is 0 Å². The number of hydrogen-bond acceptors (Lipinski definition) is 8. The average molecular weight is 513 g/mol. The number of likely N-dealkylation sites (tertiary alicyclic amines) is 1. The number of carbonyl (C=O) groups excluding carboxylic acids is 2. The van der Waals surface area contributed by atoms with Crippen molar-refractivity contribution in [1.29, 1.82) is 0 Å². The Morgan fingerprint density at radius 1 is 1.30 bits per heavy atom. The van der Waals surface area contributed by atoms with Crippen LogP contribution < -0.4 is 10.6 Å². The van der Waals surface area contributed by atoms with E-state index >= 15 is 0 Å². The standard InChI is InChI=1S/C27H40N6O4/c1-17(2)14-33(19-9-18(10-28-11-19)24(35)32-15-20(34)16-32)25(36)22-13-30-26(27(3,4)5)31-23(22)29-12-21-7-6-8-37-21/h6-8,13,17-20,28,34H,9-12,14-16H2,1-5H3,(H,29,30,31). The van der Waals surface area contributed by atoms with Crippen LogP contribution in [0.2, 0.25) is 0 Å². The second kappa shape index (κ2) is 11.2. The van der Waals surface area contributed by atoms with Gasteiger partial charge in [-0.1, -0.05) is 34.6 Å². The van der Waals surface area contributed by atoms with E-state index < -0.39 is 6.10 Å². The SMILES string of the molecule is CC(C)CN(C(=O)c1cnc(C(C)(C)C)nc1NCc1ccco1)C1CNCC(C(=O)N2CC(O)C2)C1. The van der Waals surface area contributed by atoms with Crippen molar-refractivity contribution in [2.75, 3.05) is 38.0 Å². The van der Waals surface area contributed by atoms with Crippen molar-refractivity contribution in [1.82, 2.24) is 25.1 Å². The van der Waals surface area contributed by atoms with Gasteiger partial charge in [0.1, 0.15) is 23.0 Å². The molecule has 2 saturated heterocycles. The number of aliphatic hydroxyl groups is 1. The molecule has 0 bridgehead atoms. The Hall–Kier alpha value is -2.98. The van der Waals surface area contributed by atoms with E-state index in [0.717, 1.165) is 5.76 Å². The molecule has 0 radical (unpaired) electrons. The van der Waals surface area contributed by atoms with Crippen molar-refractivity contribution in [3.63, 3.8) is 0 Å². The fraction of sp³-hybridized carbons (Fsp3) is 0.630. The van der Waals surface area contributed by atoms with Crippen LogP contribution in [-0.2, 0) is 16.8 Å². The van der Waals surface area contributed by atoms with Gasteiger partial charge in [0.2, 0.25) is 5.91 Å². The molecule has 2 atom stereocenters. The molecule has 37 heavy (non-hydrogen) atoms. The zero-order chi connectivity index (χ0) is 26.7. The molecular weight excluding hydrogens is 472 g/mol. The molecule has 4 heterocycles. The average Bonchev–Trinajstić information content (AvgIpc) is 3.36. The van der Waals surface area contributed by atoms with Gasteiger partial charge in [-0.3, -0.25) is 9.59 Å². The van der Waals surface area contributed by atoms with Crippen LogP contribution in [-0.4, -0.2) is 81.6 Å². The summed E-state index contributed by atoms with van der Waals surface area (Å²) >= 11 is 0. The van der Waals surface area contributed by atoms with E-state index in [1.807, 2.05) is 37.8 Å². The number of carbonyl (C=O) groups is 2. The second-order valence-electron chi connectivity index (χ2n) is 11.6. The van der Waals surface area contributed by atoms with E-state index in [1.54, 1.807) is 17.4 Å². The van der Waals surface area contributed by atoms with Crippen LogP contribution in [0.5, 0.6) is 0 Å². The van der Waals surface area contributed by atoms with E-state index in [4.69, 9.17) is 9.40 Å². The summed E-state index contributed by atoms with van der Waals surface area (Å²) in [5.41, 5.74) is 0.116. The first-order chi connectivity index (χ1) is 17.5. The molecule has 4 rings (SSSR count). The smallest absolute Gasteiger partial charge is 0.259 e. The highest BCUT2D eigenvalue weighted by molar-refractivity contribution is 5.98. The molecular formula is C27H40N6O4. The van der Waals surface area contributed by atoms with Gasteiger partial charge in [0.25, 0.3) is 5.91 Å². The Balaban J connectivity index is 1.59. The number of aromatic nitrogens is 2. The first kappa shape index (κ1) is 27.1. The summed E-state index contributed by atoms with van der Waals surface area (Å²) in [4.78, 5) is 39.9. The quantitative estimate of drug-likeness (QED) is 0.492. The Morgan fingerprint density at radius 3 is 2.68 bits per heavy atom. The third kappa shape index (κ3) is 6.48. The summed E-state index contributed by atoms with van der Waals surface area (Å²) in [6, 6.07) is 3.54. The molecule has 2 aromatic heterocycles. The Kier molecular flexibility index (Phi) is 8.18. The van der Waals surface area contributed by atoms with E-state index in [0.29, 0.717) is 62.9 Å². The number of aliphatic hydroxyl groups excluding tert-OH is 1. The van der Waals surface area contributed by atoms with Gasteiger partial charge in [0, 0.05) is 50.4 Å². The minimum absolute atomic E-state index is 0.0399. The van der Waals surface area contributed by atoms with Crippen LogP contribution >= 0.6 is 0 Å². The minimum Gasteiger partial charge on any atom is -0.467 e. The maximum Gasteiger partial charge on any atom is 0.259 e. The molecule has 202 valence electrons. The van der Waals surface area contributed by atoms with Crippen molar-refractivity contribution >= 4 is 17.6 Å². The molecule has 2 aliphatic heterocycles. The number of hydrogen-bond donors (Lipinski definition) is 3. The fourth-order valence-electron chi connectivity index (χ4n) is 4.80. The topological polar surface area (TPSA) is 124 Å². The predicted molar refractivity (Wildman–Crippen MR) is 140 cm³/mol. The zero-order valence-electron chi connectivity index (χ0n) is 22.5. The van der Waals surface area contributed by atoms with Crippen molar-refractivity contribution < 1.29 is 19.1 Å². The maximum atomic E-state index is 14.1. The van der Waals surface area contributed by atoms with E-state index in [2.05, 4.69) is 29.5 Å². The third-order valence-corrected chi connectivity index (χ3v) is 6.81. The highest BCUT2D eigenvalue weighted by Crippen LogP contribution is 2.27. The highest BCUT2D eigenvalue weighted by Gasteiger charge is 2.39. The van der Waals surface area contributed by atoms with E-state index in [9.17, 15) is 14.7 Å². The molecule has 10 heteroatoms. The van der Waals surface area contributed by atoms with Gasteiger partial charge >= 0.3 is 0 Å². The molecule has 2 unspecified atom stereocenters. The normalized spacial score (nSPS) is 20.6. The molecule has 0 aromatic carbocycles. The number of furan rings is 1. The summed E-state index contributed by atoms with van der Waals surface area (Å²) in [5.74, 6) is 1.74. The number of nitrogens with zero attached hydrogens (tertiary/aromatic N) is 4. The van der Waals surface area contributed by atoms with Crippen LogP contribution in [0.3, 0.4) is 0 Å². The molecule has 2 amide bonds. The number of amides is 2. The monoisotopic (exact) mass is 512 g/mol. The van der Waals surface area contributed by atoms with E-state index in [-0.39, 0.29) is 35.1 Å². The lowest BCUT2D eigenvalue weighted by atomic mass is 9.91. The summed E-state index contributed by atoms with van der Waals surface area (Å²) in [6.45, 7) is 13.2. The molecule has 10 nitrogen and oxygen atoms in total. The fourth-order valence-corrected chi connectivity index (χ4v) is 4.80. The Labute approximate surface area is 218 Å². The largest absolute Gasteiger partial charge is 0.467 e. The van der Waals surface area contributed by atoms with Gasteiger partial charge in [-0.25, -0.2) is 9.97 Å². The van der Waals surface area contributed by atoms with Gasteiger partial charge < -0.3 is 30.0 Å². The van der Waals surface area contributed by atoms with Crippen LogP contribution in [0.4, 0.5) is 5.82 Å². The maximum absolute atomic E-state index is 14.1. The lowest BCUT2D eigenvalue weighted by molar-refractivity contribution is -0.146. The predicted octanol–water partition coefficient (Wildman–Crippen LogP) is 2.26. The minimum atomic E-state index is -0.432. The second-order valence-corrected chi connectivity index (χ2v) is 11.6. The number of piperidine rings is 1. The highest BCUT2D eigenvalue weighted by atomic mass is 16.3. The van der Waals surface area contributed by atoms with Crippen molar-refractivity contribution in [2.24, 2.45) is 11.8 Å². The van der Waals surface area contributed by atoms with Crippen molar-refractivity contribution in [3.05, 3.63) is 41.7 Å². The molecule has 0 spiro atoms. The number of nitrogens with one attached hydrogen (secondary N) is 2. The van der Waals surface area contributed by atoms with Gasteiger partial charge in [0.05, 0.1) is 24.8 Å². The van der Waals surface area contributed by atoms with Gasteiger partial charge in [-0.15, -0.1) is 0 Å². The summed E-state index contributed by atoms with van der Waals surface area (Å²) in [6.07, 6.45) is 3.38. The van der Waals surface area contributed by atoms with Gasteiger partial charge in [-0.05, 0) is 24.5 Å². The number of rotatable bonds is 8. The molecule has 2 fully saturated rings. The summed E-state index contributed by atoms with van der Waals surface area (Å²) in [5, 5.41) is 16.3. The van der Waals surface area contributed by atoms with Crippen LogP contribution in [0.25, 0.3) is 0 Å². The van der Waals surface area contributed by atoms with Crippen molar-refractivity contribution in [2.45, 2.75) is 65.1 Å². The molecule has 0 saturated carbocycles. The lowest BCUT2D eigenvalue weighted by Crippen LogP contribution is -2.59. The summed E-state index contributed by atoms with van der Waals surface area (Å²) in [7, 11) is 0. The summed E-state index contributed by atoms with van der Waals surface area (Å²) < 4.78 is 5.46. The molecule has 0 aliphatic carbocycles. The zero-order valence-corrected chi connectivity index (χ0v) is 22.5. The van der Waals surface area contributed by atoms with Crippen LogP contribution in [0.15, 0.2) is 29.0 Å². The first-order valence-electron chi connectivity index (χ1n) is 13.1. The molecule has 3 N–H and O–H groups in total. The molecule has 2 aromatic rings. The Morgan fingerprint density at radius 2 is 2.05 bits per heavy atom. The Bertz CT molecular complexity index is 1080. The number of anilines is 1. The lowest BCUT2D eigenvalue weighted by Gasteiger charge is -2.42.